The van der Waals surface area contributed by atoms with E-state index in [2.05, 4.69) is 10.3 Å². The average molecular weight is 286 g/mol. The summed E-state index contributed by atoms with van der Waals surface area (Å²) >= 11 is 0. The minimum absolute atomic E-state index is 0.0206. The molecule has 2 bridgehead atoms. The van der Waals surface area contributed by atoms with Crippen LogP contribution in [0.15, 0.2) is 29.6 Å². The van der Waals surface area contributed by atoms with Crippen molar-refractivity contribution in [1.29, 1.82) is 0 Å². The van der Waals surface area contributed by atoms with Crippen LogP contribution in [0.3, 0.4) is 0 Å². The molecular formula is C14H14N4O3. The number of hydrogen-bond acceptors (Lipinski definition) is 5. The summed E-state index contributed by atoms with van der Waals surface area (Å²) in [7, 11) is 0. The number of rotatable bonds is 2. The lowest BCUT2D eigenvalue weighted by Gasteiger charge is -2.23. The van der Waals surface area contributed by atoms with E-state index in [1.165, 1.54) is 12.1 Å². The van der Waals surface area contributed by atoms with Gasteiger partial charge in [-0.2, -0.15) is 5.10 Å². The molecule has 2 saturated carbocycles. The van der Waals surface area contributed by atoms with Crippen molar-refractivity contribution in [1.82, 2.24) is 9.78 Å². The number of nitro benzene ring substituents is 1. The number of non-ortho nitro benzene ring substituents is 1. The van der Waals surface area contributed by atoms with Gasteiger partial charge in [-0.05, 0) is 31.2 Å². The quantitative estimate of drug-likeness (QED) is 0.521. The van der Waals surface area contributed by atoms with Crippen molar-refractivity contribution in [3.8, 4) is 0 Å². The van der Waals surface area contributed by atoms with E-state index in [0.717, 1.165) is 35.9 Å². The van der Waals surface area contributed by atoms with Gasteiger partial charge in [-0.15, -0.1) is 0 Å². The minimum atomic E-state index is -0.408. The zero-order valence-electron chi connectivity index (χ0n) is 11.2. The molecule has 0 spiro atoms. The Labute approximate surface area is 120 Å². The van der Waals surface area contributed by atoms with Gasteiger partial charge in [-0.3, -0.25) is 14.8 Å². The maximum absolute atomic E-state index is 10.8. The van der Waals surface area contributed by atoms with Gasteiger partial charge in [0.15, 0.2) is 0 Å². The molecule has 7 nitrogen and oxygen atoms in total. The van der Waals surface area contributed by atoms with E-state index in [1.807, 2.05) is 4.68 Å². The fourth-order valence-electron chi connectivity index (χ4n) is 3.90. The molecular weight excluding hydrogens is 272 g/mol. The number of hydrogen-bond donors (Lipinski definition) is 1. The molecule has 2 aliphatic carbocycles. The number of nitro groups is 1. The molecule has 3 atom stereocenters. The highest BCUT2D eigenvalue weighted by Crippen LogP contribution is 2.49. The third kappa shape index (κ3) is 1.66. The molecule has 1 aromatic heterocycles. The highest BCUT2D eigenvalue weighted by Gasteiger charge is 2.47. The van der Waals surface area contributed by atoms with Gasteiger partial charge in [0, 0.05) is 23.4 Å². The van der Waals surface area contributed by atoms with Crippen LogP contribution < -0.4 is 0 Å². The number of fused-ring (bicyclic) bond motifs is 3. The largest absolute Gasteiger partial charge is 0.411 e. The lowest BCUT2D eigenvalue weighted by atomic mass is 9.93. The molecule has 2 aliphatic rings. The summed E-state index contributed by atoms with van der Waals surface area (Å²) in [6, 6.07) is 4.72. The van der Waals surface area contributed by atoms with E-state index >= 15 is 0 Å². The van der Waals surface area contributed by atoms with Crippen LogP contribution in [0, 0.1) is 22.0 Å². The van der Waals surface area contributed by atoms with Gasteiger partial charge in [-0.1, -0.05) is 5.16 Å². The van der Waals surface area contributed by atoms with Crippen molar-refractivity contribution in [2.75, 3.05) is 0 Å². The van der Waals surface area contributed by atoms with Crippen LogP contribution in [0.25, 0.3) is 10.9 Å². The van der Waals surface area contributed by atoms with E-state index in [4.69, 9.17) is 0 Å². The molecule has 4 rings (SSSR count). The predicted molar refractivity (Wildman–Crippen MR) is 75.5 cm³/mol. The third-order valence-electron chi connectivity index (χ3n) is 4.81. The highest BCUT2D eigenvalue weighted by molar-refractivity contribution is 5.94. The zero-order valence-corrected chi connectivity index (χ0v) is 11.2. The maximum atomic E-state index is 10.8. The van der Waals surface area contributed by atoms with Crippen LogP contribution in [-0.2, 0) is 0 Å². The van der Waals surface area contributed by atoms with Crippen molar-refractivity contribution in [3.63, 3.8) is 0 Å². The second kappa shape index (κ2) is 4.28. The fourth-order valence-corrected chi connectivity index (χ4v) is 3.90. The van der Waals surface area contributed by atoms with Crippen LogP contribution in [0.5, 0.6) is 0 Å². The maximum Gasteiger partial charge on any atom is 0.270 e. The molecule has 0 aliphatic heterocycles. The normalized spacial score (nSPS) is 29.5. The van der Waals surface area contributed by atoms with Crippen molar-refractivity contribution >= 4 is 22.3 Å². The second-order valence-electron chi connectivity index (χ2n) is 5.83. The molecule has 1 N–H and O–H groups in total. The van der Waals surface area contributed by atoms with Gasteiger partial charge in [0.2, 0.25) is 0 Å². The SMILES string of the molecule is O=[N+]([O-])c1ccc2c(cnn2[C@@H]2/C(=N\O)[C@H]3CC[C@H]2C3)c1. The van der Waals surface area contributed by atoms with Crippen LogP contribution in [0.4, 0.5) is 5.69 Å². The topological polar surface area (TPSA) is 93.5 Å². The monoisotopic (exact) mass is 286 g/mol. The summed E-state index contributed by atoms with van der Waals surface area (Å²) in [6.45, 7) is 0. The Balaban J connectivity index is 1.82. The Hall–Kier alpha value is -2.44. The van der Waals surface area contributed by atoms with Crippen LogP contribution in [0.1, 0.15) is 25.3 Å². The summed E-state index contributed by atoms with van der Waals surface area (Å²) in [6.07, 6.45) is 4.87. The molecule has 0 amide bonds. The van der Waals surface area contributed by atoms with E-state index < -0.39 is 4.92 Å². The Kier molecular flexibility index (Phi) is 2.51. The van der Waals surface area contributed by atoms with Crippen LogP contribution in [-0.4, -0.2) is 25.6 Å². The molecule has 2 aromatic rings. The standard InChI is InChI=1S/C14H14N4O3/c19-16-13-8-1-2-9(5-8)14(13)17-12-4-3-11(18(20)21)6-10(12)7-15-17/h3-4,6-9,14,19H,1-2,5H2/b16-13-/t8-,9-,14-/m0/s1. The molecule has 1 aromatic carbocycles. The smallest absolute Gasteiger partial charge is 0.270 e. The van der Waals surface area contributed by atoms with Gasteiger partial charge in [-0.25, -0.2) is 0 Å². The molecule has 2 fully saturated rings. The Morgan fingerprint density at radius 1 is 1.43 bits per heavy atom. The molecule has 0 unspecified atom stereocenters. The average Bonchev–Trinajstić information content (AvgIpc) is 3.19. The molecule has 7 heteroatoms. The molecule has 0 radical (unpaired) electrons. The van der Waals surface area contributed by atoms with Gasteiger partial charge in [0.1, 0.15) is 0 Å². The first-order valence-corrected chi connectivity index (χ1v) is 7.02. The summed E-state index contributed by atoms with van der Waals surface area (Å²) in [5, 5.41) is 28.8. The Morgan fingerprint density at radius 2 is 2.29 bits per heavy atom. The first kappa shape index (κ1) is 12.3. The van der Waals surface area contributed by atoms with E-state index in [1.54, 1.807) is 12.3 Å². The zero-order chi connectivity index (χ0) is 14.6. The number of benzene rings is 1. The van der Waals surface area contributed by atoms with Gasteiger partial charge < -0.3 is 5.21 Å². The van der Waals surface area contributed by atoms with E-state index in [-0.39, 0.29) is 11.7 Å². The summed E-state index contributed by atoms with van der Waals surface area (Å²) < 4.78 is 1.86. The highest BCUT2D eigenvalue weighted by atomic mass is 16.6. The molecule has 1 heterocycles. The number of oxime groups is 1. The predicted octanol–water partition coefficient (Wildman–Crippen LogP) is 2.75. The van der Waals surface area contributed by atoms with Gasteiger partial charge >= 0.3 is 0 Å². The minimum Gasteiger partial charge on any atom is -0.411 e. The van der Waals surface area contributed by atoms with Crippen molar-refractivity contribution < 1.29 is 10.1 Å². The Morgan fingerprint density at radius 3 is 3.05 bits per heavy atom. The Bertz CT molecular complexity index is 767. The number of nitrogens with zero attached hydrogens (tertiary/aromatic N) is 4. The second-order valence-corrected chi connectivity index (χ2v) is 5.83. The summed E-state index contributed by atoms with van der Waals surface area (Å²) in [4.78, 5) is 10.4. The lowest BCUT2D eigenvalue weighted by molar-refractivity contribution is -0.384. The summed E-state index contributed by atoms with van der Waals surface area (Å²) in [5.74, 6) is 0.793. The van der Waals surface area contributed by atoms with Crippen molar-refractivity contribution in [2.45, 2.75) is 25.3 Å². The van der Waals surface area contributed by atoms with Crippen molar-refractivity contribution in [2.24, 2.45) is 17.0 Å². The van der Waals surface area contributed by atoms with Gasteiger partial charge in [0.25, 0.3) is 5.69 Å². The first-order chi connectivity index (χ1) is 10.2. The van der Waals surface area contributed by atoms with Gasteiger partial charge in [0.05, 0.1) is 28.4 Å². The summed E-state index contributed by atoms with van der Waals surface area (Å²) in [5.41, 5.74) is 1.71. The molecule has 0 saturated heterocycles. The van der Waals surface area contributed by atoms with Crippen molar-refractivity contribution in [3.05, 3.63) is 34.5 Å². The van der Waals surface area contributed by atoms with E-state index in [0.29, 0.717) is 11.8 Å². The van der Waals surface area contributed by atoms with E-state index in [9.17, 15) is 15.3 Å². The molecule has 21 heavy (non-hydrogen) atoms. The van der Waals surface area contributed by atoms with Crippen LogP contribution in [0.2, 0.25) is 0 Å². The number of aromatic nitrogens is 2. The first-order valence-electron chi connectivity index (χ1n) is 7.02. The lowest BCUT2D eigenvalue weighted by Crippen LogP contribution is -2.26. The molecule has 108 valence electrons. The van der Waals surface area contributed by atoms with Crippen LogP contribution >= 0.6 is 0 Å². The third-order valence-corrected chi connectivity index (χ3v) is 4.81. The fraction of sp³-hybridized carbons (Fsp3) is 0.429.